The standard InChI is InChI=1S/CH4O6S4/c2-10(3,4)8-1-9-11(5,6)7/h1H2,(H,2,3,4)(H,5,6,7). The Labute approximate surface area is 71.0 Å². The van der Waals surface area contributed by atoms with Crippen LogP contribution in [0.25, 0.3) is 0 Å². The topological polar surface area (TPSA) is 109 Å². The molecule has 0 aromatic heterocycles. The maximum Gasteiger partial charge on any atom is 0.320 e. The third kappa shape index (κ3) is 10.5. The van der Waals surface area contributed by atoms with E-state index in [1.54, 1.807) is 0 Å². The molecule has 0 atom stereocenters. The van der Waals surface area contributed by atoms with Crippen LogP contribution in [0.5, 0.6) is 0 Å². The second-order valence-electron chi connectivity index (χ2n) is 1.21. The minimum absolute atomic E-state index is 0.0120. The minimum atomic E-state index is -4.23. The molecule has 0 rings (SSSR count). The summed E-state index contributed by atoms with van der Waals surface area (Å²) >= 11 is 0. The van der Waals surface area contributed by atoms with Gasteiger partial charge in [-0.2, -0.15) is 16.8 Å². The normalized spacial score (nSPS) is 13.3. The molecular weight excluding hydrogens is 236 g/mol. The maximum absolute atomic E-state index is 9.95. The van der Waals surface area contributed by atoms with Crippen molar-refractivity contribution in [3.05, 3.63) is 0 Å². The molecule has 0 heterocycles. The average molecular weight is 240 g/mol. The van der Waals surface area contributed by atoms with E-state index < -0.39 is 23.4 Å². The summed E-state index contributed by atoms with van der Waals surface area (Å²) in [6, 6.07) is 0. The van der Waals surface area contributed by atoms with Crippen LogP contribution in [0.15, 0.2) is 0 Å². The first kappa shape index (κ1) is 11.5. The molecule has 0 aromatic rings. The molecule has 0 bridgehead atoms. The van der Waals surface area contributed by atoms with Crippen LogP contribution in [0.1, 0.15) is 0 Å². The fourth-order valence-electron chi connectivity index (χ4n) is 0.141. The molecule has 0 radical (unpaired) electrons. The first-order valence-electron chi connectivity index (χ1n) is 1.94. The lowest BCUT2D eigenvalue weighted by atomic mass is 11.9. The summed E-state index contributed by atoms with van der Waals surface area (Å²) in [6.45, 7) is 0. The van der Waals surface area contributed by atoms with Gasteiger partial charge in [0.25, 0.3) is 0 Å². The Balaban J connectivity index is 3.79. The van der Waals surface area contributed by atoms with Crippen LogP contribution in [0.4, 0.5) is 0 Å². The highest BCUT2D eigenvalue weighted by atomic mass is 33.2. The van der Waals surface area contributed by atoms with Gasteiger partial charge >= 0.3 is 18.3 Å². The van der Waals surface area contributed by atoms with Crippen molar-refractivity contribution in [3.63, 3.8) is 0 Å². The minimum Gasteiger partial charge on any atom is -0.277 e. The van der Waals surface area contributed by atoms with Crippen LogP contribution in [-0.4, -0.2) is 31.0 Å². The van der Waals surface area contributed by atoms with Gasteiger partial charge in [-0.3, -0.25) is 9.11 Å². The fourth-order valence-corrected chi connectivity index (χ4v) is 4.87. The van der Waals surface area contributed by atoms with Gasteiger partial charge in [-0.25, -0.2) is 0 Å². The van der Waals surface area contributed by atoms with Gasteiger partial charge in [0.1, 0.15) is 0 Å². The molecule has 0 amide bonds. The third-order valence-electron chi connectivity index (χ3n) is 0.394. The third-order valence-corrected chi connectivity index (χ3v) is 5.28. The van der Waals surface area contributed by atoms with E-state index in [2.05, 4.69) is 0 Å². The first-order chi connectivity index (χ1) is 4.71. The Morgan fingerprint density at radius 1 is 0.909 bits per heavy atom. The highest BCUT2D eigenvalue weighted by molar-refractivity contribution is 8.78. The zero-order chi connectivity index (χ0) is 9.12. The molecule has 0 unspecified atom stereocenters. The van der Waals surface area contributed by atoms with Crippen molar-refractivity contribution < 1.29 is 25.9 Å². The lowest BCUT2D eigenvalue weighted by molar-refractivity contribution is 0.501. The smallest absolute Gasteiger partial charge is 0.277 e. The monoisotopic (exact) mass is 240 g/mol. The van der Waals surface area contributed by atoms with Crippen LogP contribution in [0, 0.1) is 0 Å². The summed E-state index contributed by atoms with van der Waals surface area (Å²) in [5.41, 5.74) is 0. The van der Waals surface area contributed by atoms with E-state index >= 15 is 0 Å². The van der Waals surface area contributed by atoms with E-state index in [0.29, 0.717) is 0 Å². The number of hydrogen-bond acceptors (Lipinski definition) is 6. The van der Waals surface area contributed by atoms with Crippen molar-refractivity contribution in [2.45, 2.75) is 0 Å². The molecule has 10 heteroatoms. The molecule has 0 aliphatic rings. The van der Waals surface area contributed by atoms with Crippen molar-refractivity contribution in [1.82, 2.24) is 0 Å². The Morgan fingerprint density at radius 2 is 1.18 bits per heavy atom. The van der Waals surface area contributed by atoms with Gasteiger partial charge in [-0.1, -0.05) is 0 Å². The van der Waals surface area contributed by atoms with Crippen LogP contribution in [0.2, 0.25) is 0 Å². The van der Waals surface area contributed by atoms with E-state index in [9.17, 15) is 16.8 Å². The van der Waals surface area contributed by atoms with Crippen LogP contribution in [-0.2, 0) is 18.3 Å². The Kier molecular flexibility index (Phi) is 4.15. The zero-order valence-electron chi connectivity index (χ0n) is 4.87. The zero-order valence-corrected chi connectivity index (χ0v) is 8.13. The van der Waals surface area contributed by atoms with Crippen molar-refractivity contribution in [2.24, 2.45) is 0 Å². The van der Waals surface area contributed by atoms with Crippen LogP contribution >= 0.6 is 21.6 Å². The Hall–Kier alpha value is 0.520. The van der Waals surface area contributed by atoms with E-state index in [1.165, 1.54) is 0 Å². The molecular formula is CH4O6S4. The molecule has 11 heavy (non-hydrogen) atoms. The predicted molar refractivity (Wildman–Crippen MR) is 43.1 cm³/mol. The van der Waals surface area contributed by atoms with E-state index in [1.807, 2.05) is 0 Å². The predicted octanol–water partition coefficient (Wildman–Crippen LogP) is 0.0159. The van der Waals surface area contributed by atoms with E-state index in [0.717, 1.165) is 0 Å². The average Bonchev–Trinajstić information content (AvgIpc) is 1.55. The molecule has 6 nitrogen and oxygen atoms in total. The van der Waals surface area contributed by atoms with Crippen molar-refractivity contribution in [3.8, 4) is 0 Å². The van der Waals surface area contributed by atoms with Gasteiger partial charge in [-0.05, 0) is 0 Å². The summed E-state index contributed by atoms with van der Waals surface area (Å²) in [6.07, 6.45) is 0. The Morgan fingerprint density at radius 3 is 1.36 bits per heavy atom. The van der Waals surface area contributed by atoms with Crippen LogP contribution in [0.3, 0.4) is 0 Å². The SMILES string of the molecule is O=S(=O)(O)SCSS(=O)(=O)O. The summed E-state index contributed by atoms with van der Waals surface area (Å²) in [5, 5.41) is -0.475. The van der Waals surface area contributed by atoms with Gasteiger partial charge in [0.05, 0.1) is 5.08 Å². The molecule has 0 saturated carbocycles. The highest BCUT2D eigenvalue weighted by Crippen LogP contribution is 2.20. The van der Waals surface area contributed by atoms with Crippen molar-refractivity contribution in [2.75, 3.05) is 5.08 Å². The number of hydrogen-bond donors (Lipinski definition) is 2. The summed E-state index contributed by atoms with van der Waals surface area (Å²) in [5.74, 6) is 0. The van der Waals surface area contributed by atoms with Crippen LogP contribution < -0.4 is 0 Å². The van der Waals surface area contributed by atoms with Gasteiger partial charge in [0.15, 0.2) is 0 Å². The second kappa shape index (κ2) is 3.96. The molecule has 0 spiro atoms. The Bertz CT molecular complexity index is 263. The highest BCUT2D eigenvalue weighted by Gasteiger charge is 2.10. The van der Waals surface area contributed by atoms with Gasteiger partial charge in [-0.15, -0.1) is 0 Å². The molecule has 0 saturated heterocycles. The van der Waals surface area contributed by atoms with E-state index in [-0.39, 0.29) is 21.6 Å². The summed E-state index contributed by atoms with van der Waals surface area (Å²) < 4.78 is 55.9. The molecule has 0 aliphatic heterocycles. The molecule has 0 aliphatic carbocycles. The summed E-state index contributed by atoms with van der Waals surface area (Å²) in [4.78, 5) is 0. The van der Waals surface area contributed by atoms with Gasteiger partial charge in [0.2, 0.25) is 0 Å². The van der Waals surface area contributed by atoms with E-state index in [4.69, 9.17) is 9.11 Å². The quantitative estimate of drug-likeness (QED) is 0.402. The lowest BCUT2D eigenvalue weighted by Crippen LogP contribution is -1.93. The maximum atomic E-state index is 9.95. The van der Waals surface area contributed by atoms with Gasteiger partial charge < -0.3 is 0 Å². The largest absolute Gasteiger partial charge is 0.320 e. The second-order valence-corrected chi connectivity index (χ2v) is 8.28. The molecule has 0 aromatic carbocycles. The van der Waals surface area contributed by atoms with Crippen molar-refractivity contribution in [1.29, 1.82) is 0 Å². The first-order valence-corrected chi connectivity index (χ1v) is 7.83. The van der Waals surface area contributed by atoms with Gasteiger partial charge in [0, 0.05) is 21.6 Å². The summed E-state index contributed by atoms with van der Waals surface area (Å²) in [7, 11) is -8.43. The lowest BCUT2D eigenvalue weighted by Gasteiger charge is -1.93. The molecule has 2 N–H and O–H groups in total. The fraction of sp³-hybridized carbons (Fsp3) is 1.00. The molecule has 68 valence electrons. The number of rotatable bonds is 4. The molecule has 0 fully saturated rings. The van der Waals surface area contributed by atoms with Crippen molar-refractivity contribution >= 4 is 39.9 Å².